The lowest BCUT2D eigenvalue weighted by Gasteiger charge is -2.03. The fourth-order valence-electron chi connectivity index (χ4n) is 1.52. The van der Waals surface area contributed by atoms with E-state index in [0.717, 1.165) is 27.4 Å². The van der Waals surface area contributed by atoms with Gasteiger partial charge in [-0.2, -0.15) is 0 Å². The van der Waals surface area contributed by atoms with Gasteiger partial charge in [-0.05, 0) is 49.2 Å². The molecule has 2 aromatic rings. The van der Waals surface area contributed by atoms with Gasteiger partial charge in [0.1, 0.15) is 0 Å². The first kappa shape index (κ1) is 10.2. The van der Waals surface area contributed by atoms with Crippen molar-refractivity contribution in [2.45, 2.75) is 13.8 Å². The van der Waals surface area contributed by atoms with E-state index in [1.54, 1.807) is 0 Å². The third-order valence-electron chi connectivity index (χ3n) is 2.25. The quantitative estimate of drug-likeness (QED) is 0.703. The minimum atomic E-state index is 0.757. The van der Waals surface area contributed by atoms with Crippen molar-refractivity contribution in [1.29, 1.82) is 0 Å². The number of aryl methyl sites for hydroxylation is 2. The highest BCUT2D eigenvalue weighted by Crippen LogP contribution is 2.22. The van der Waals surface area contributed by atoms with Gasteiger partial charge >= 0.3 is 0 Å². The van der Waals surface area contributed by atoms with E-state index < -0.39 is 0 Å². The fourth-order valence-corrected chi connectivity index (χ4v) is 1.81. The lowest BCUT2D eigenvalue weighted by Crippen LogP contribution is -1.85. The van der Waals surface area contributed by atoms with Crippen LogP contribution in [0, 0.1) is 13.8 Å². The summed E-state index contributed by atoms with van der Waals surface area (Å²) in [7, 11) is 0. The molecular weight excluding hydrogens is 206 g/mol. The van der Waals surface area contributed by atoms with E-state index in [1.165, 1.54) is 0 Å². The molecule has 0 saturated heterocycles. The zero-order valence-corrected chi connectivity index (χ0v) is 9.55. The molecule has 0 saturated carbocycles. The molecule has 2 heteroatoms. The van der Waals surface area contributed by atoms with Crippen LogP contribution in [0.3, 0.4) is 0 Å². The summed E-state index contributed by atoms with van der Waals surface area (Å²) in [6.07, 6.45) is 1.87. The molecule has 0 N–H and O–H groups in total. The van der Waals surface area contributed by atoms with Crippen LogP contribution in [0.2, 0.25) is 5.02 Å². The normalized spacial score (nSPS) is 10.3. The molecule has 0 aliphatic heterocycles. The molecule has 0 aliphatic carbocycles. The second-order valence-corrected chi connectivity index (χ2v) is 4.17. The molecule has 2 rings (SSSR count). The number of aromatic nitrogens is 1. The maximum absolute atomic E-state index is 6.00. The summed E-state index contributed by atoms with van der Waals surface area (Å²) in [5.41, 5.74) is 4.35. The number of nitrogens with zero attached hydrogens (tertiary/aromatic N) is 1. The summed E-state index contributed by atoms with van der Waals surface area (Å²) in [4.78, 5) is 4.37. The van der Waals surface area contributed by atoms with Gasteiger partial charge in [-0.3, -0.25) is 4.98 Å². The Labute approximate surface area is 94.7 Å². The Morgan fingerprint density at radius 3 is 2.40 bits per heavy atom. The van der Waals surface area contributed by atoms with Crippen LogP contribution in [0.5, 0.6) is 0 Å². The zero-order chi connectivity index (χ0) is 10.8. The molecule has 0 fully saturated rings. The van der Waals surface area contributed by atoms with Gasteiger partial charge in [0.15, 0.2) is 0 Å². The number of rotatable bonds is 1. The van der Waals surface area contributed by atoms with E-state index in [2.05, 4.69) is 17.1 Å². The number of halogens is 1. The van der Waals surface area contributed by atoms with Gasteiger partial charge in [-0.1, -0.05) is 17.7 Å². The van der Waals surface area contributed by atoms with E-state index in [-0.39, 0.29) is 0 Å². The Morgan fingerprint density at radius 2 is 1.80 bits per heavy atom. The van der Waals surface area contributed by atoms with Crippen molar-refractivity contribution >= 4 is 11.6 Å². The van der Waals surface area contributed by atoms with Crippen molar-refractivity contribution in [3.8, 4) is 11.3 Å². The van der Waals surface area contributed by atoms with E-state index in [1.807, 2.05) is 38.2 Å². The van der Waals surface area contributed by atoms with Gasteiger partial charge in [-0.25, -0.2) is 0 Å². The maximum atomic E-state index is 6.00. The minimum Gasteiger partial charge on any atom is -0.256 e. The molecule has 1 aromatic carbocycles. The summed E-state index contributed by atoms with van der Waals surface area (Å²) in [5.74, 6) is 0. The van der Waals surface area contributed by atoms with E-state index in [0.29, 0.717) is 0 Å². The molecule has 1 nitrogen and oxygen atoms in total. The average Bonchev–Trinajstić information content (AvgIpc) is 2.17. The molecule has 0 amide bonds. The summed E-state index contributed by atoms with van der Waals surface area (Å²) in [6.45, 7) is 4.06. The van der Waals surface area contributed by atoms with Crippen LogP contribution in [0.25, 0.3) is 11.3 Å². The van der Waals surface area contributed by atoms with Crippen molar-refractivity contribution in [1.82, 2.24) is 4.98 Å². The fraction of sp³-hybridized carbons (Fsp3) is 0.154. The first-order chi connectivity index (χ1) is 7.15. The first-order valence-electron chi connectivity index (χ1n) is 4.85. The second-order valence-electron chi connectivity index (χ2n) is 3.74. The standard InChI is InChI=1S/C13H12ClN/c1-9-3-4-13(15-8-9)11-5-10(2)6-12(14)7-11/h3-8H,1-2H3. The predicted octanol–water partition coefficient (Wildman–Crippen LogP) is 4.02. The Hall–Kier alpha value is -1.34. The van der Waals surface area contributed by atoms with Gasteiger partial charge in [-0.15, -0.1) is 0 Å². The largest absolute Gasteiger partial charge is 0.256 e. The number of pyridine rings is 1. The lowest BCUT2D eigenvalue weighted by atomic mass is 10.1. The van der Waals surface area contributed by atoms with Crippen molar-refractivity contribution in [2.24, 2.45) is 0 Å². The molecule has 15 heavy (non-hydrogen) atoms. The average molecular weight is 218 g/mol. The molecule has 1 heterocycles. The molecule has 0 aliphatic rings. The summed E-state index contributed by atoms with van der Waals surface area (Å²) in [5, 5.41) is 0.757. The molecule has 0 unspecified atom stereocenters. The molecule has 1 aromatic heterocycles. The van der Waals surface area contributed by atoms with Gasteiger partial charge < -0.3 is 0 Å². The van der Waals surface area contributed by atoms with Gasteiger partial charge in [0.25, 0.3) is 0 Å². The van der Waals surface area contributed by atoms with E-state index >= 15 is 0 Å². The third kappa shape index (κ3) is 2.37. The molecule has 0 radical (unpaired) electrons. The van der Waals surface area contributed by atoms with Crippen LogP contribution in [0.15, 0.2) is 36.5 Å². The second kappa shape index (κ2) is 4.03. The molecular formula is C13H12ClN. The van der Waals surface area contributed by atoms with Gasteiger partial charge in [0, 0.05) is 16.8 Å². The summed E-state index contributed by atoms with van der Waals surface area (Å²) in [6, 6.07) is 10.0. The first-order valence-corrected chi connectivity index (χ1v) is 5.23. The van der Waals surface area contributed by atoms with E-state index in [4.69, 9.17) is 11.6 Å². The Kier molecular flexibility index (Phi) is 2.74. The zero-order valence-electron chi connectivity index (χ0n) is 8.79. The highest BCUT2D eigenvalue weighted by Gasteiger charge is 2.01. The smallest absolute Gasteiger partial charge is 0.0702 e. The van der Waals surface area contributed by atoms with Crippen LogP contribution >= 0.6 is 11.6 Å². The topological polar surface area (TPSA) is 12.9 Å². The number of benzene rings is 1. The molecule has 0 bridgehead atoms. The van der Waals surface area contributed by atoms with Crippen molar-refractivity contribution in [3.63, 3.8) is 0 Å². The number of hydrogen-bond acceptors (Lipinski definition) is 1. The molecule has 0 spiro atoms. The van der Waals surface area contributed by atoms with Crippen molar-refractivity contribution in [2.75, 3.05) is 0 Å². The van der Waals surface area contributed by atoms with Gasteiger partial charge in [0.05, 0.1) is 5.69 Å². The predicted molar refractivity (Wildman–Crippen MR) is 64.2 cm³/mol. The van der Waals surface area contributed by atoms with Crippen LogP contribution in [-0.4, -0.2) is 4.98 Å². The Bertz CT molecular complexity index is 454. The van der Waals surface area contributed by atoms with Crippen LogP contribution in [0.4, 0.5) is 0 Å². The van der Waals surface area contributed by atoms with Gasteiger partial charge in [0.2, 0.25) is 0 Å². The Morgan fingerprint density at radius 1 is 1.00 bits per heavy atom. The maximum Gasteiger partial charge on any atom is 0.0702 e. The monoisotopic (exact) mass is 217 g/mol. The van der Waals surface area contributed by atoms with Crippen LogP contribution in [0.1, 0.15) is 11.1 Å². The van der Waals surface area contributed by atoms with E-state index in [9.17, 15) is 0 Å². The third-order valence-corrected chi connectivity index (χ3v) is 2.47. The van der Waals surface area contributed by atoms with Crippen molar-refractivity contribution < 1.29 is 0 Å². The van der Waals surface area contributed by atoms with Crippen molar-refractivity contribution in [3.05, 3.63) is 52.7 Å². The van der Waals surface area contributed by atoms with Crippen LogP contribution < -0.4 is 0 Å². The lowest BCUT2D eigenvalue weighted by molar-refractivity contribution is 1.27. The highest BCUT2D eigenvalue weighted by molar-refractivity contribution is 6.30. The molecule has 0 atom stereocenters. The number of hydrogen-bond donors (Lipinski definition) is 0. The minimum absolute atomic E-state index is 0.757. The summed E-state index contributed by atoms with van der Waals surface area (Å²) < 4.78 is 0. The van der Waals surface area contributed by atoms with Crippen LogP contribution in [-0.2, 0) is 0 Å². The SMILES string of the molecule is Cc1ccc(-c2cc(C)cc(Cl)c2)nc1. The molecule has 76 valence electrons. The summed E-state index contributed by atoms with van der Waals surface area (Å²) >= 11 is 6.00. The Balaban J connectivity index is 2.49. The highest BCUT2D eigenvalue weighted by atomic mass is 35.5.